The van der Waals surface area contributed by atoms with Crippen LogP contribution in [0.25, 0.3) is 0 Å². The van der Waals surface area contributed by atoms with E-state index < -0.39 is 10.0 Å². The highest BCUT2D eigenvalue weighted by Gasteiger charge is 2.14. The molecule has 0 aliphatic carbocycles. The smallest absolute Gasteiger partial charge is 0.259 e. The lowest BCUT2D eigenvalue weighted by atomic mass is 10.6. The van der Waals surface area contributed by atoms with Crippen molar-refractivity contribution in [3.63, 3.8) is 0 Å². The van der Waals surface area contributed by atoms with E-state index in [1.807, 2.05) is 0 Å². The number of nitrogens with zero attached hydrogens (tertiary/aromatic N) is 2. The van der Waals surface area contributed by atoms with E-state index in [0.717, 1.165) is 9.71 Å². The summed E-state index contributed by atoms with van der Waals surface area (Å²) in [5, 5.41) is 1.13. The van der Waals surface area contributed by atoms with Crippen LogP contribution in [0, 0.1) is 0 Å². The normalized spacial score (nSPS) is 22.6. The molecule has 0 saturated carbocycles. The predicted octanol–water partition coefficient (Wildman–Crippen LogP) is 0.151. The van der Waals surface area contributed by atoms with Crippen LogP contribution in [0.4, 0.5) is 0 Å². The van der Waals surface area contributed by atoms with E-state index in [9.17, 15) is 8.42 Å². The van der Waals surface area contributed by atoms with E-state index in [-0.39, 0.29) is 0 Å². The molecule has 56 valence electrons. The van der Waals surface area contributed by atoms with Gasteiger partial charge < -0.3 is 0 Å². The molecule has 5 heteroatoms. The zero-order valence-electron chi connectivity index (χ0n) is 5.77. The van der Waals surface area contributed by atoms with Crippen molar-refractivity contribution >= 4 is 16.4 Å². The third kappa shape index (κ3) is 1.18. The first kappa shape index (κ1) is 7.27. The van der Waals surface area contributed by atoms with Gasteiger partial charge in [-0.3, -0.25) is 4.31 Å². The zero-order valence-corrected chi connectivity index (χ0v) is 6.59. The third-order valence-corrected chi connectivity index (χ3v) is 2.68. The van der Waals surface area contributed by atoms with Crippen molar-refractivity contribution in [3.05, 3.63) is 11.1 Å². The van der Waals surface area contributed by atoms with Gasteiger partial charge in [-0.25, -0.2) is 13.4 Å². The Morgan fingerprint density at radius 3 is 2.60 bits per heavy atom. The molecule has 0 radical (unpaired) electrons. The van der Waals surface area contributed by atoms with Crippen LogP contribution in [-0.2, 0) is 10.0 Å². The van der Waals surface area contributed by atoms with Gasteiger partial charge in [-0.2, -0.15) is 0 Å². The largest absolute Gasteiger partial charge is 0.260 e. The number of aliphatic imine (C=N–C) groups is 1. The van der Waals surface area contributed by atoms with Crippen molar-refractivity contribution in [2.24, 2.45) is 4.99 Å². The summed E-state index contributed by atoms with van der Waals surface area (Å²) in [5.74, 6) is 0. The highest BCUT2D eigenvalue weighted by atomic mass is 32.2. The summed E-state index contributed by atoms with van der Waals surface area (Å²) in [4.78, 5) is 3.79. The lowest BCUT2D eigenvalue weighted by Crippen LogP contribution is -2.25. The second-order valence-electron chi connectivity index (χ2n) is 2.06. The lowest BCUT2D eigenvalue weighted by Gasteiger charge is -2.14. The number of hydrogen-bond donors (Lipinski definition) is 0. The van der Waals surface area contributed by atoms with Gasteiger partial charge in [0.1, 0.15) is 6.34 Å². The average Bonchev–Trinajstić information content (AvgIpc) is 1.78. The Morgan fingerprint density at radius 2 is 2.20 bits per heavy atom. The third-order valence-electron chi connectivity index (χ3n) is 1.14. The quantitative estimate of drug-likeness (QED) is 0.506. The van der Waals surface area contributed by atoms with Crippen LogP contribution in [0.3, 0.4) is 0 Å². The van der Waals surface area contributed by atoms with Crippen molar-refractivity contribution in [3.8, 4) is 0 Å². The Kier molecular flexibility index (Phi) is 1.52. The summed E-state index contributed by atoms with van der Waals surface area (Å²) >= 11 is 0. The topological polar surface area (TPSA) is 49.7 Å². The molecule has 0 fully saturated rings. The van der Waals surface area contributed by atoms with Crippen LogP contribution in [0.15, 0.2) is 16.1 Å². The number of hydrogen-bond acceptors (Lipinski definition) is 3. The molecular formula is C5H8N2O2S. The molecular weight excluding hydrogens is 152 g/mol. The maximum absolute atomic E-state index is 11.0. The molecule has 1 heterocycles. The molecule has 1 rings (SSSR count). The van der Waals surface area contributed by atoms with Crippen molar-refractivity contribution < 1.29 is 8.42 Å². The van der Waals surface area contributed by atoms with Gasteiger partial charge in [0.25, 0.3) is 10.0 Å². The zero-order chi connectivity index (χ0) is 7.78. The van der Waals surface area contributed by atoms with Crippen LogP contribution >= 0.6 is 0 Å². The second-order valence-corrected chi connectivity index (χ2v) is 3.91. The molecule has 0 amide bonds. The van der Waals surface area contributed by atoms with Crippen molar-refractivity contribution in [1.29, 1.82) is 0 Å². The van der Waals surface area contributed by atoms with E-state index in [2.05, 4.69) is 4.99 Å². The van der Waals surface area contributed by atoms with E-state index in [1.54, 1.807) is 6.92 Å². The minimum absolute atomic E-state index is 0.512. The molecule has 1 aliphatic heterocycles. The van der Waals surface area contributed by atoms with Crippen molar-refractivity contribution in [1.82, 2.24) is 4.31 Å². The highest BCUT2D eigenvalue weighted by Crippen LogP contribution is 2.08. The predicted molar refractivity (Wildman–Crippen MR) is 38.9 cm³/mol. The molecule has 0 N–H and O–H groups in total. The van der Waals surface area contributed by atoms with Gasteiger partial charge in [0.15, 0.2) is 0 Å². The molecule has 0 saturated heterocycles. The first-order valence-electron chi connectivity index (χ1n) is 2.73. The monoisotopic (exact) mass is 160 g/mol. The van der Waals surface area contributed by atoms with E-state index in [1.165, 1.54) is 13.4 Å². The van der Waals surface area contributed by atoms with Gasteiger partial charge >= 0.3 is 0 Å². The number of sulfonamides is 1. The summed E-state index contributed by atoms with van der Waals surface area (Å²) in [7, 11) is -1.74. The summed E-state index contributed by atoms with van der Waals surface area (Å²) in [6.45, 7) is 1.64. The van der Waals surface area contributed by atoms with Crippen LogP contribution in [0.2, 0.25) is 0 Å². The molecule has 4 nitrogen and oxygen atoms in total. The Balaban J connectivity index is 3.12. The minimum atomic E-state index is -3.19. The fourth-order valence-corrected chi connectivity index (χ4v) is 1.40. The molecule has 0 unspecified atom stereocenters. The molecule has 0 bridgehead atoms. The summed E-state index contributed by atoms with van der Waals surface area (Å²) in [5.41, 5.74) is 0.512. The summed E-state index contributed by atoms with van der Waals surface area (Å²) < 4.78 is 23.0. The summed E-state index contributed by atoms with van der Waals surface area (Å²) in [6, 6.07) is 0. The molecule has 0 aromatic carbocycles. The SMILES string of the molecule is CC1=CS(=O)(=O)N(C)C=N1. The standard InChI is InChI=1S/C5H8N2O2S/c1-5-3-10(8,9)7(2)4-6-5/h3-4H,1-2H3. The molecule has 0 spiro atoms. The number of rotatable bonds is 0. The van der Waals surface area contributed by atoms with Crippen molar-refractivity contribution in [2.75, 3.05) is 7.05 Å². The van der Waals surface area contributed by atoms with Gasteiger partial charge in [0, 0.05) is 7.05 Å². The van der Waals surface area contributed by atoms with Crippen LogP contribution in [0.1, 0.15) is 6.92 Å². The minimum Gasteiger partial charge on any atom is -0.260 e. The summed E-state index contributed by atoms with van der Waals surface area (Å²) in [6.07, 6.45) is 1.28. The second kappa shape index (κ2) is 2.09. The first-order chi connectivity index (χ1) is 4.52. The first-order valence-corrected chi connectivity index (χ1v) is 4.23. The van der Waals surface area contributed by atoms with Gasteiger partial charge in [-0.15, -0.1) is 0 Å². The molecule has 0 aromatic rings. The Hall–Kier alpha value is -0.840. The Morgan fingerprint density at radius 1 is 1.60 bits per heavy atom. The Bertz CT molecular complexity index is 289. The maximum Gasteiger partial charge on any atom is 0.259 e. The van der Waals surface area contributed by atoms with Gasteiger partial charge in [-0.05, 0) is 6.92 Å². The lowest BCUT2D eigenvalue weighted by molar-refractivity contribution is 0.564. The fourth-order valence-electron chi connectivity index (χ4n) is 0.567. The maximum atomic E-state index is 11.0. The fraction of sp³-hybridized carbons (Fsp3) is 0.400. The average molecular weight is 160 g/mol. The molecule has 0 atom stereocenters. The van der Waals surface area contributed by atoms with E-state index in [0.29, 0.717) is 5.70 Å². The van der Waals surface area contributed by atoms with E-state index >= 15 is 0 Å². The van der Waals surface area contributed by atoms with Crippen LogP contribution in [0.5, 0.6) is 0 Å². The highest BCUT2D eigenvalue weighted by molar-refractivity contribution is 7.92. The molecule has 0 aromatic heterocycles. The Labute approximate surface area is 59.9 Å². The number of allylic oxidation sites excluding steroid dienone is 1. The van der Waals surface area contributed by atoms with Crippen LogP contribution in [-0.4, -0.2) is 26.1 Å². The van der Waals surface area contributed by atoms with Gasteiger partial charge in [-0.1, -0.05) is 0 Å². The van der Waals surface area contributed by atoms with Gasteiger partial charge in [0.2, 0.25) is 0 Å². The van der Waals surface area contributed by atoms with Crippen molar-refractivity contribution in [2.45, 2.75) is 6.92 Å². The molecule has 10 heavy (non-hydrogen) atoms. The van der Waals surface area contributed by atoms with E-state index in [4.69, 9.17) is 0 Å². The van der Waals surface area contributed by atoms with Gasteiger partial charge in [0.05, 0.1) is 11.1 Å². The molecule has 1 aliphatic rings. The van der Waals surface area contributed by atoms with Crippen LogP contribution < -0.4 is 0 Å².